The highest BCUT2D eigenvalue weighted by Crippen LogP contribution is 2.14. The van der Waals surface area contributed by atoms with Crippen molar-refractivity contribution < 1.29 is 25.2 Å². The van der Waals surface area contributed by atoms with E-state index in [9.17, 15) is 9.90 Å². The summed E-state index contributed by atoms with van der Waals surface area (Å²) in [5.74, 6) is -0.000598. The zero-order valence-electron chi connectivity index (χ0n) is 10.1. The third-order valence-corrected chi connectivity index (χ3v) is 2.38. The molecule has 1 aromatic heterocycles. The Morgan fingerprint density at radius 3 is 2.42 bits per heavy atom. The summed E-state index contributed by atoms with van der Waals surface area (Å²) in [4.78, 5) is 15.1. The van der Waals surface area contributed by atoms with Crippen LogP contribution in [0.3, 0.4) is 0 Å². The lowest BCUT2D eigenvalue weighted by molar-refractivity contribution is -0.151. The third-order valence-electron chi connectivity index (χ3n) is 2.38. The van der Waals surface area contributed by atoms with Gasteiger partial charge in [0.25, 0.3) is 0 Å². The van der Waals surface area contributed by atoms with Crippen molar-refractivity contribution in [1.29, 1.82) is 0 Å². The van der Waals surface area contributed by atoms with Crippen LogP contribution in [0.15, 0.2) is 17.1 Å². The Balaban J connectivity index is 3.05. The Bertz CT molecular complexity index is 447. The first-order valence-electron chi connectivity index (χ1n) is 5.54. The Labute approximate surface area is 108 Å². The maximum atomic E-state index is 11.6. The van der Waals surface area contributed by atoms with E-state index in [-0.39, 0.29) is 5.82 Å². The summed E-state index contributed by atoms with van der Waals surface area (Å²) in [5, 5.41) is 36.5. The largest absolute Gasteiger partial charge is 0.394 e. The maximum Gasteiger partial charge on any atom is 0.351 e. The molecule has 0 radical (unpaired) electrons. The number of aromatic nitrogens is 2. The van der Waals surface area contributed by atoms with E-state index in [2.05, 4.69) is 4.98 Å². The van der Waals surface area contributed by atoms with Crippen molar-refractivity contribution in [2.24, 2.45) is 0 Å². The molecule has 2 atom stereocenters. The second-order valence-corrected chi connectivity index (χ2v) is 3.81. The molecule has 9 nitrogen and oxygen atoms in total. The Morgan fingerprint density at radius 1 is 1.32 bits per heavy atom. The highest BCUT2D eigenvalue weighted by Gasteiger charge is 2.25. The SMILES string of the molecule is Nc1ccn([C@H](OC(CO)CO)[C@H](O)CO)c(=O)n1. The van der Waals surface area contributed by atoms with Crippen molar-refractivity contribution in [1.82, 2.24) is 9.55 Å². The zero-order chi connectivity index (χ0) is 14.4. The first-order chi connectivity index (χ1) is 9.03. The summed E-state index contributed by atoms with van der Waals surface area (Å²) < 4.78 is 6.09. The lowest BCUT2D eigenvalue weighted by Crippen LogP contribution is -2.40. The summed E-state index contributed by atoms with van der Waals surface area (Å²) >= 11 is 0. The van der Waals surface area contributed by atoms with E-state index in [0.717, 1.165) is 4.57 Å². The number of nitrogens with two attached hydrogens (primary N) is 1. The standard InChI is InChI=1S/C10H17N3O6/c11-8-1-2-13(10(18)12-8)9(7(17)5-16)19-6(3-14)4-15/h1-2,6-7,9,14-17H,3-5H2,(H2,11,12,18)/t7-,9-/m1/s1. The van der Waals surface area contributed by atoms with Crippen molar-refractivity contribution in [3.8, 4) is 0 Å². The number of hydrogen-bond donors (Lipinski definition) is 5. The molecular formula is C10H17N3O6. The lowest BCUT2D eigenvalue weighted by Gasteiger charge is -2.27. The van der Waals surface area contributed by atoms with Crippen molar-refractivity contribution in [2.45, 2.75) is 18.4 Å². The number of nitrogen functional groups attached to an aromatic ring is 1. The average Bonchev–Trinajstić information content (AvgIpc) is 2.40. The molecule has 0 amide bonds. The van der Waals surface area contributed by atoms with Gasteiger partial charge in [0.1, 0.15) is 18.0 Å². The predicted molar refractivity (Wildman–Crippen MR) is 64.1 cm³/mol. The molecule has 0 saturated carbocycles. The molecule has 9 heteroatoms. The molecule has 0 saturated heterocycles. The molecule has 0 spiro atoms. The van der Waals surface area contributed by atoms with Crippen LogP contribution < -0.4 is 11.4 Å². The fraction of sp³-hybridized carbons (Fsp3) is 0.600. The van der Waals surface area contributed by atoms with Crippen LogP contribution in [0.4, 0.5) is 5.82 Å². The Kier molecular flexibility index (Phi) is 5.86. The van der Waals surface area contributed by atoms with Crippen LogP contribution in [0.1, 0.15) is 6.23 Å². The van der Waals surface area contributed by atoms with Gasteiger partial charge in [-0.05, 0) is 6.07 Å². The van der Waals surface area contributed by atoms with Gasteiger partial charge in [-0.3, -0.25) is 4.57 Å². The molecule has 1 heterocycles. The van der Waals surface area contributed by atoms with Gasteiger partial charge in [-0.25, -0.2) is 4.79 Å². The van der Waals surface area contributed by atoms with Gasteiger partial charge in [-0.1, -0.05) is 0 Å². The Hall–Kier alpha value is -1.52. The lowest BCUT2D eigenvalue weighted by atomic mass is 10.3. The predicted octanol–water partition coefficient (Wildman–Crippen LogP) is -2.95. The molecule has 0 aliphatic heterocycles. The highest BCUT2D eigenvalue weighted by atomic mass is 16.5. The summed E-state index contributed by atoms with van der Waals surface area (Å²) in [5.41, 5.74) is 4.55. The van der Waals surface area contributed by atoms with E-state index in [1.807, 2.05) is 0 Å². The molecular weight excluding hydrogens is 258 g/mol. The number of hydrogen-bond acceptors (Lipinski definition) is 8. The molecule has 0 unspecified atom stereocenters. The van der Waals surface area contributed by atoms with Crippen LogP contribution in [0.2, 0.25) is 0 Å². The summed E-state index contributed by atoms with van der Waals surface area (Å²) in [6.45, 7) is -1.70. The fourth-order valence-electron chi connectivity index (χ4n) is 1.39. The van der Waals surface area contributed by atoms with Gasteiger partial charge in [-0.15, -0.1) is 0 Å². The summed E-state index contributed by atoms with van der Waals surface area (Å²) in [6.07, 6.45) is -2.49. The van der Waals surface area contributed by atoms with Crippen molar-refractivity contribution >= 4 is 5.82 Å². The molecule has 108 valence electrons. The van der Waals surface area contributed by atoms with Crippen molar-refractivity contribution in [2.75, 3.05) is 25.6 Å². The molecule has 1 aromatic rings. The fourth-order valence-corrected chi connectivity index (χ4v) is 1.39. The molecule has 0 bridgehead atoms. The van der Waals surface area contributed by atoms with Gasteiger partial charge < -0.3 is 30.9 Å². The second-order valence-electron chi connectivity index (χ2n) is 3.81. The number of rotatable bonds is 7. The number of aliphatic hydroxyl groups excluding tert-OH is 4. The Morgan fingerprint density at radius 2 is 1.95 bits per heavy atom. The molecule has 0 fully saturated rings. The van der Waals surface area contributed by atoms with Gasteiger partial charge in [0.05, 0.1) is 19.8 Å². The normalized spacial score (nSPS) is 14.6. The van der Waals surface area contributed by atoms with Gasteiger partial charge in [0.2, 0.25) is 0 Å². The van der Waals surface area contributed by atoms with Gasteiger partial charge >= 0.3 is 5.69 Å². The van der Waals surface area contributed by atoms with Crippen LogP contribution in [0.25, 0.3) is 0 Å². The van der Waals surface area contributed by atoms with Crippen molar-refractivity contribution in [3.05, 3.63) is 22.7 Å². The molecule has 0 aromatic carbocycles. The second kappa shape index (κ2) is 7.16. The van der Waals surface area contributed by atoms with Crippen LogP contribution in [-0.4, -0.2) is 62.0 Å². The van der Waals surface area contributed by atoms with Crippen LogP contribution in [0.5, 0.6) is 0 Å². The van der Waals surface area contributed by atoms with E-state index < -0.39 is 43.9 Å². The molecule has 19 heavy (non-hydrogen) atoms. The minimum absolute atomic E-state index is 0.000598. The minimum atomic E-state index is -1.43. The maximum absolute atomic E-state index is 11.6. The zero-order valence-corrected chi connectivity index (χ0v) is 10.1. The highest BCUT2D eigenvalue weighted by molar-refractivity contribution is 5.23. The number of ether oxygens (including phenoxy) is 1. The minimum Gasteiger partial charge on any atom is -0.394 e. The molecule has 0 aliphatic rings. The molecule has 6 N–H and O–H groups in total. The first kappa shape index (κ1) is 15.5. The number of nitrogens with zero attached hydrogens (tertiary/aromatic N) is 2. The number of aliphatic hydroxyl groups is 4. The van der Waals surface area contributed by atoms with E-state index in [1.165, 1.54) is 12.3 Å². The molecule has 0 aliphatic carbocycles. The van der Waals surface area contributed by atoms with Crippen LogP contribution >= 0.6 is 0 Å². The van der Waals surface area contributed by atoms with Gasteiger partial charge in [-0.2, -0.15) is 4.98 Å². The summed E-state index contributed by atoms with van der Waals surface area (Å²) in [7, 11) is 0. The first-order valence-corrected chi connectivity index (χ1v) is 5.54. The smallest absolute Gasteiger partial charge is 0.351 e. The third kappa shape index (κ3) is 3.98. The average molecular weight is 275 g/mol. The number of anilines is 1. The summed E-state index contributed by atoms with van der Waals surface area (Å²) in [6, 6.07) is 1.31. The monoisotopic (exact) mass is 275 g/mol. The molecule has 1 rings (SSSR count). The van der Waals surface area contributed by atoms with E-state index >= 15 is 0 Å². The van der Waals surface area contributed by atoms with Gasteiger partial charge in [0, 0.05) is 6.20 Å². The van der Waals surface area contributed by atoms with Gasteiger partial charge in [0.15, 0.2) is 6.23 Å². The quantitative estimate of drug-likeness (QED) is 0.354. The van der Waals surface area contributed by atoms with E-state index in [1.54, 1.807) is 0 Å². The van der Waals surface area contributed by atoms with E-state index in [4.69, 9.17) is 25.8 Å². The van der Waals surface area contributed by atoms with Crippen molar-refractivity contribution in [3.63, 3.8) is 0 Å². The van der Waals surface area contributed by atoms with E-state index in [0.29, 0.717) is 0 Å². The van der Waals surface area contributed by atoms with Crippen LogP contribution in [0, 0.1) is 0 Å². The topological polar surface area (TPSA) is 151 Å². The van der Waals surface area contributed by atoms with Crippen LogP contribution in [-0.2, 0) is 4.74 Å².